The van der Waals surface area contributed by atoms with Gasteiger partial charge in [-0.1, -0.05) is 6.92 Å². The molecule has 1 aromatic rings. The van der Waals surface area contributed by atoms with Crippen LogP contribution in [0.15, 0.2) is 4.47 Å². The van der Waals surface area contributed by atoms with Crippen LogP contribution in [0.3, 0.4) is 0 Å². The molecule has 108 valence electrons. The summed E-state index contributed by atoms with van der Waals surface area (Å²) in [6.45, 7) is 4.21. The van der Waals surface area contributed by atoms with Gasteiger partial charge in [0.15, 0.2) is 0 Å². The minimum Gasteiger partial charge on any atom is -0.465 e. The Hall–Kier alpha value is -0.530. The van der Waals surface area contributed by atoms with Crippen LogP contribution in [-0.4, -0.2) is 34.2 Å². The lowest BCUT2D eigenvalue weighted by Gasteiger charge is -2.10. The van der Waals surface area contributed by atoms with Crippen LogP contribution in [0.4, 0.5) is 0 Å². The molecule has 1 heterocycles. The van der Waals surface area contributed by atoms with Crippen molar-refractivity contribution in [1.29, 1.82) is 0 Å². The van der Waals surface area contributed by atoms with E-state index in [1.54, 1.807) is 18.7 Å². The molecule has 0 aliphatic carbocycles. The Kier molecular flexibility index (Phi) is 6.88. The highest BCUT2D eigenvalue weighted by Crippen LogP contribution is 2.25. The van der Waals surface area contributed by atoms with Crippen LogP contribution in [0.2, 0.25) is 0 Å². The summed E-state index contributed by atoms with van der Waals surface area (Å²) in [6.07, 6.45) is 0.890. The molecule has 0 fully saturated rings. The molecular weight excluding hydrogens is 330 g/mol. The van der Waals surface area contributed by atoms with Crippen LogP contribution < -0.4 is 5.73 Å². The Morgan fingerprint density at radius 1 is 1.58 bits per heavy atom. The fourth-order valence-electron chi connectivity index (χ4n) is 1.58. The van der Waals surface area contributed by atoms with Crippen LogP contribution in [0.5, 0.6) is 0 Å². The number of rotatable bonds is 7. The molecule has 0 aliphatic rings. The van der Waals surface area contributed by atoms with Crippen molar-refractivity contribution in [1.82, 2.24) is 9.78 Å². The number of ether oxygens (including phenoxy) is 1. The molecule has 0 aromatic carbocycles. The molecule has 0 radical (unpaired) electrons. The maximum atomic E-state index is 11.4. The number of hydrogen-bond acceptors (Lipinski definition) is 5. The predicted octanol–water partition coefficient (Wildman–Crippen LogP) is 1.87. The fourth-order valence-corrected chi connectivity index (χ4v) is 3.55. The normalized spacial score (nSPS) is 12.5. The van der Waals surface area contributed by atoms with Gasteiger partial charge in [-0.2, -0.15) is 16.9 Å². The standard InChI is InChI=1S/C12H20BrN3O2S/c1-4-9-11(13)10(16(3)15-9)7-19-6-8(14)12(17)18-5-2/h8H,4-7,14H2,1-3H3. The third-order valence-corrected chi connectivity index (χ3v) is 4.62. The third kappa shape index (κ3) is 4.50. The SMILES string of the molecule is CCOC(=O)C(N)CSCc1c(Br)c(CC)nn1C. The second kappa shape index (κ2) is 7.91. The lowest BCUT2D eigenvalue weighted by molar-refractivity contribution is -0.144. The first-order valence-electron chi connectivity index (χ1n) is 6.21. The molecule has 7 heteroatoms. The van der Waals surface area contributed by atoms with Crippen molar-refractivity contribution in [3.05, 3.63) is 15.9 Å². The molecular formula is C12H20BrN3O2S. The second-order valence-corrected chi connectivity index (χ2v) is 5.88. The smallest absolute Gasteiger partial charge is 0.323 e. The van der Waals surface area contributed by atoms with E-state index in [4.69, 9.17) is 10.5 Å². The number of carbonyl (C=O) groups is 1. The third-order valence-electron chi connectivity index (χ3n) is 2.63. The monoisotopic (exact) mass is 349 g/mol. The summed E-state index contributed by atoms with van der Waals surface area (Å²) in [5.74, 6) is 0.961. The van der Waals surface area contributed by atoms with Gasteiger partial charge >= 0.3 is 5.97 Å². The number of nitrogens with zero attached hydrogens (tertiary/aromatic N) is 2. The summed E-state index contributed by atoms with van der Waals surface area (Å²) >= 11 is 5.17. The van der Waals surface area contributed by atoms with Gasteiger partial charge in [0.25, 0.3) is 0 Å². The lowest BCUT2D eigenvalue weighted by atomic mass is 10.3. The van der Waals surface area contributed by atoms with Gasteiger partial charge in [-0.3, -0.25) is 9.48 Å². The summed E-state index contributed by atoms with van der Waals surface area (Å²) in [5.41, 5.74) is 7.90. The largest absolute Gasteiger partial charge is 0.465 e. The van der Waals surface area contributed by atoms with Crippen molar-refractivity contribution in [2.45, 2.75) is 32.1 Å². The Morgan fingerprint density at radius 3 is 2.79 bits per heavy atom. The van der Waals surface area contributed by atoms with E-state index in [1.807, 2.05) is 11.7 Å². The average Bonchev–Trinajstić information content (AvgIpc) is 2.65. The molecule has 1 atom stereocenters. The van der Waals surface area contributed by atoms with Crippen LogP contribution >= 0.6 is 27.7 Å². The van der Waals surface area contributed by atoms with Gasteiger partial charge in [-0.25, -0.2) is 0 Å². The summed E-state index contributed by atoms with van der Waals surface area (Å²) in [5, 5.41) is 4.42. The van der Waals surface area contributed by atoms with Crippen molar-refractivity contribution in [2.24, 2.45) is 12.8 Å². The van der Waals surface area contributed by atoms with Gasteiger partial charge in [0.05, 0.1) is 22.5 Å². The zero-order chi connectivity index (χ0) is 14.4. The molecule has 1 rings (SSSR count). The molecule has 1 aromatic heterocycles. The molecule has 0 spiro atoms. The number of aromatic nitrogens is 2. The predicted molar refractivity (Wildman–Crippen MR) is 81.1 cm³/mol. The van der Waals surface area contributed by atoms with E-state index in [9.17, 15) is 4.79 Å². The molecule has 0 bridgehead atoms. The number of halogens is 1. The Morgan fingerprint density at radius 2 is 2.26 bits per heavy atom. The van der Waals surface area contributed by atoms with E-state index in [1.165, 1.54) is 0 Å². The maximum Gasteiger partial charge on any atom is 0.323 e. The van der Waals surface area contributed by atoms with Crippen LogP contribution in [0, 0.1) is 0 Å². The molecule has 1 unspecified atom stereocenters. The summed E-state index contributed by atoms with van der Waals surface area (Å²) in [7, 11) is 1.92. The number of esters is 1. The highest BCUT2D eigenvalue weighted by atomic mass is 79.9. The van der Waals surface area contributed by atoms with Gasteiger partial charge < -0.3 is 10.5 Å². The average molecular weight is 350 g/mol. The van der Waals surface area contributed by atoms with E-state index in [0.29, 0.717) is 12.4 Å². The van der Waals surface area contributed by atoms with E-state index < -0.39 is 6.04 Å². The first-order valence-corrected chi connectivity index (χ1v) is 8.16. The van der Waals surface area contributed by atoms with Crippen LogP contribution in [0.25, 0.3) is 0 Å². The van der Waals surface area contributed by atoms with Crippen molar-refractivity contribution >= 4 is 33.7 Å². The van der Waals surface area contributed by atoms with E-state index in [-0.39, 0.29) is 5.97 Å². The summed E-state index contributed by atoms with van der Waals surface area (Å²) < 4.78 is 7.79. The lowest BCUT2D eigenvalue weighted by Crippen LogP contribution is -2.34. The number of carbonyl (C=O) groups excluding carboxylic acids is 1. The molecule has 5 nitrogen and oxygen atoms in total. The van der Waals surface area contributed by atoms with Gasteiger partial charge in [-0.15, -0.1) is 0 Å². The summed E-state index contributed by atoms with van der Waals surface area (Å²) in [4.78, 5) is 11.4. The van der Waals surface area contributed by atoms with Crippen molar-refractivity contribution in [2.75, 3.05) is 12.4 Å². The highest BCUT2D eigenvalue weighted by Gasteiger charge is 2.16. The zero-order valence-corrected chi connectivity index (χ0v) is 13.9. The van der Waals surface area contributed by atoms with E-state index >= 15 is 0 Å². The fraction of sp³-hybridized carbons (Fsp3) is 0.667. The Bertz CT molecular complexity index is 437. The number of nitrogens with two attached hydrogens (primary N) is 1. The first-order chi connectivity index (χ1) is 9.01. The van der Waals surface area contributed by atoms with E-state index in [0.717, 1.165) is 28.0 Å². The Labute approximate surface area is 126 Å². The molecule has 0 amide bonds. The van der Waals surface area contributed by atoms with Crippen molar-refractivity contribution in [3.63, 3.8) is 0 Å². The van der Waals surface area contributed by atoms with Crippen molar-refractivity contribution in [3.8, 4) is 0 Å². The molecule has 19 heavy (non-hydrogen) atoms. The zero-order valence-electron chi connectivity index (χ0n) is 11.5. The number of aryl methyl sites for hydroxylation is 2. The van der Waals surface area contributed by atoms with Gasteiger partial charge in [0, 0.05) is 18.6 Å². The van der Waals surface area contributed by atoms with Gasteiger partial charge in [-0.05, 0) is 29.3 Å². The number of thioether (sulfide) groups is 1. The highest BCUT2D eigenvalue weighted by molar-refractivity contribution is 9.10. The molecule has 2 N–H and O–H groups in total. The minimum atomic E-state index is -0.567. The first kappa shape index (κ1) is 16.5. The Balaban J connectivity index is 2.49. The number of hydrogen-bond donors (Lipinski definition) is 1. The maximum absolute atomic E-state index is 11.4. The van der Waals surface area contributed by atoms with Crippen molar-refractivity contribution < 1.29 is 9.53 Å². The topological polar surface area (TPSA) is 70.1 Å². The molecule has 0 aliphatic heterocycles. The minimum absolute atomic E-state index is 0.340. The van der Waals surface area contributed by atoms with Gasteiger partial charge in [0.2, 0.25) is 0 Å². The van der Waals surface area contributed by atoms with Gasteiger partial charge in [0.1, 0.15) is 6.04 Å². The second-order valence-electron chi connectivity index (χ2n) is 4.06. The quantitative estimate of drug-likeness (QED) is 0.761. The van der Waals surface area contributed by atoms with Crippen LogP contribution in [0.1, 0.15) is 25.2 Å². The summed E-state index contributed by atoms with van der Waals surface area (Å²) in [6, 6.07) is -0.567. The molecule has 0 saturated heterocycles. The van der Waals surface area contributed by atoms with E-state index in [2.05, 4.69) is 28.0 Å². The molecule has 0 saturated carbocycles. The van der Waals surface area contributed by atoms with Crippen LogP contribution in [-0.2, 0) is 28.8 Å².